The minimum atomic E-state index is 0. The van der Waals surface area contributed by atoms with Crippen LogP contribution in [0.25, 0.3) is 176 Å². The van der Waals surface area contributed by atoms with Crippen molar-refractivity contribution in [2.24, 2.45) is 0 Å². The summed E-state index contributed by atoms with van der Waals surface area (Å²) in [4.78, 5) is 0. The molecule has 20 aromatic rings. The Hall–Kier alpha value is 13.3. The Morgan fingerprint density at radius 1 is 0.141 bits per heavy atom. The Morgan fingerprint density at radius 3 is 0.461 bits per heavy atom. The second-order valence-electron chi connectivity index (χ2n) is 25.2. The molecule has 0 unspecified atom stereocenters. The van der Waals surface area contributed by atoms with Crippen LogP contribution in [0.3, 0.4) is 0 Å². The van der Waals surface area contributed by atoms with Crippen LogP contribution in [0.15, 0.2) is 229 Å². The van der Waals surface area contributed by atoms with E-state index < -0.39 is 0 Å². The molecule has 0 aliphatic carbocycles. The van der Waals surface area contributed by atoms with Crippen LogP contribution in [-0.2, 0) is 758 Å². The van der Waals surface area contributed by atoms with Crippen LogP contribution in [0.5, 0.6) is 0 Å². The summed E-state index contributed by atoms with van der Waals surface area (Å²) in [5.74, 6) is 0. The maximum absolute atomic E-state index is 6.16. The van der Waals surface area contributed by atoms with Crippen molar-refractivity contribution in [2.45, 2.75) is 93.9 Å². The summed E-state index contributed by atoms with van der Waals surface area (Å²) in [6, 6.07) is 68.3. The van der Waals surface area contributed by atoms with E-state index in [-0.39, 0.29) is 809 Å². The number of benzene rings is 12. The van der Waals surface area contributed by atoms with Crippen LogP contribution in [0.4, 0.5) is 0 Å². The first-order chi connectivity index (χ1) is 46.0. The van der Waals surface area contributed by atoms with Gasteiger partial charge in [-0.2, -0.15) is 0 Å². The fourth-order valence-electron chi connectivity index (χ4n) is 14.1. The average molecular weight is 3370 g/mol. The van der Waals surface area contributed by atoms with E-state index in [4.69, 9.17) is 35.3 Å². The first kappa shape index (κ1) is 183. The van der Waals surface area contributed by atoms with Gasteiger partial charge in [0.1, 0.15) is 67.0 Å². The summed E-state index contributed by atoms with van der Waals surface area (Å²) in [7, 11) is 0. The predicted octanol–water partition coefficient (Wildman–Crippen LogP) is 31.3. The normalized spacial score (nSPS) is 8.88. The van der Waals surface area contributed by atoms with Crippen LogP contribution in [-0.4, -0.2) is 0 Å². The summed E-state index contributed by atoms with van der Waals surface area (Å²) < 4.78 is 48.7. The van der Waals surface area contributed by atoms with Crippen molar-refractivity contribution >= 4 is 176 Å². The summed E-state index contributed by atoms with van der Waals surface area (Å²) in [6.07, 6.45) is 6.15. The number of furan rings is 8. The molecule has 8 aromatic heterocycles. The predicted molar refractivity (Wildman–Crippen MR) is 467 cm³/mol. The van der Waals surface area contributed by atoms with Gasteiger partial charge in [-0.15, -0.1) is 0 Å². The van der Waals surface area contributed by atoms with Crippen LogP contribution in [0.2, 0.25) is 0 Å². The topological polar surface area (TPSA) is 105 Å². The molecule has 0 spiro atoms. The first-order valence-electron chi connectivity index (χ1n) is 33.2. The van der Waals surface area contributed by atoms with Gasteiger partial charge in [0, 0.05) is 818 Å². The molecule has 0 fully saturated rings. The van der Waals surface area contributed by atoms with Crippen LogP contribution in [0, 0.1) is 103 Å². The molecule has 0 aliphatic rings. The molecule has 30 heteroatoms. The fraction of sp³-hybridized carbons (Fsp3) is 0.143. The molecule has 0 saturated carbocycles. The smallest absolute Gasteiger partial charge is 0.178 e. The molecule has 20 rings (SSSR count). The van der Waals surface area contributed by atoms with Crippen molar-refractivity contribution in [1.82, 2.24) is 0 Å². The SMILES string of the molecule is CCc1ccc2oc3c(ccc4c5cc(C)ccc5oc43)c2c1.CCc1ccc2oc3c(ccc4c5cc(CC)ccc5oc43)c2c1.CCc1ccc2oc3cc4oc5ccc(C)cc5c4cc3c2c1.CCc1ccc2oc3cc4oc5ccc(CC)cc5c4cc3c2c1.[CH3-].[CH3-].[CH3-].[CH3-].[CH3-].[CH3-].[CH3-].[CH3-].[CH3-].[CH3-].[CH3-].[CH3-].[Y].[Y].[Y].[Y].[Y].[Y].[Y].[Y].[Y].[Y].[Y].[Y].[Y].[Y].[Y].[Y].[Y].[Y].[Y].[Y].[Y].[Y]. The van der Waals surface area contributed by atoms with Gasteiger partial charge in [0.25, 0.3) is 0 Å². The molecule has 8 heterocycles. The fourth-order valence-corrected chi connectivity index (χ4v) is 14.1. The van der Waals surface area contributed by atoms with Gasteiger partial charge in [-0.25, -0.2) is 0 Å². The molecule has 0 amide bonds. The second kappa shape index (κ2) is 84.7. The van der Waals surface area contributed by atoms with E-state index in [1.165, 1.54) is 76.8 Å². The number of rotatable bonds is 6. The molecule has 8 nitrogen and oxygen atoms in total. The Labute approximate surface area is 1320 Å². The number of aryl methyl sites for hydroxylation is 8. The van der Waals surface area contributed by atoms with Crippen molar-refractivity contribution in [3.05, 3.63) is 328 Å². The molecule has 622 valence electrons. The van der Waals surface area contributed by atoms with Gasteiger partial charge < -0.3 is 124 Å². The van der Waals surface area contributed by atoms with Gasteiger partial charge in [-0.1, -0.05) is 101 Å². The average Bonchev–Trinajstić information content (AvgIpc) is 1.58. The zero-order valence-electron chi connectivity index (χ0n) is 78.7. The maximum Gasteiger partial charge on any atom is 0.178 e. The van der Waals surface area contributed by atoms with Gasteiger partial charge in [0.15, 0.2) is 22.3 Å². The quantitative estimate of drug-likeness (QED) is 0.152. The summed E-state index contributed by atoms with van der Waals surface area (Å²) in [6.45, 7) is 17.3. The summed E-state index contributed by atoms with van der Waals surface area (Å²) in [5.41, 5.74) is 24.8. The number of fused-ring (bicyclic) bond motifs is 26. The molecular weight excluding hydrogens is 3260 g/mol. The van der Waals surface area contributed by atoms with E-state index in [9.17, 15) is 0 Å². The minimum Gasteiger partial charge on any atom is -0.456 e. The Balaban J connectivity index is -0.0000000724. The first-order valence-corrected chi connectivity index (χ1v) is 33.2. The minimum absolute atomic E-state index is 0. The molecule has 128 heavy (non-hydrogen) atoms. The van der Waals surface area contributed by atoms with Gasteiger partial charge in [-0.3, -0.25) is 0 Å². The molecule has 12 aromatic carbocycles. The van der Waals surface area contributed by atoms with Crippen LogP contribution >= 0.6 is 0 Å². The van der Waals surface area contributed by atoms with Crippen LogP contribution in [0.1, 0.15) is 86.1 Å². The van der Waals surface area contributed by atoms with E-state index in [0.29, 0.717) is 0 Å². The van der Waals surface area contributed by atoms with E-state index in [1.54, 1.807) is 0 Å². The van der Waals surface area contributed by atoms with Gasteiger partial charge >= 0.3 is 0 Å². The van der Waals surface area contributed by atoms with Gasteiger partial charge in [-0.05, 0) is 219 Å². The van der Waals surface area contributed by atoms with Gasteiger partial charge in [0.05, 0.1) is 0 Å². The maximum atomic E-state index is 6.16. The van der Waals surface area contributed by atoms with E-state index in [1.807, 2.05) is 24.3 Å². The Kier molecular flexibility index (Phi) is 121. The Morgan fingerprint density at radius 2 is 0.281 bits per heavy atom. The third kappa shape index (κ3) is 39.6. The molecular formula is C98H104O8Y22-12. The molecule has 0 saturated heterocycles. The van der Waals surface area contributed by atoms with Gasteiger partial charge in [0.2, 0.25) is 0 Å². The summed E-state index contributed by atoms with van der Waals surface area (Å²) in [5, 5.41) is 18.5. The molecule has 0 atom stereocenters. The number of hydrogen-bond donors (Lipinski definition) is 0. The molecule has 0 aliphatic heterocycles. The standard InChI is InChI=1S/2C22H18O2.2C21H16O2.12CH3.22Y/c1-3-13-5-9-19-17(11-13)15-7-8-16-18-12-14(4-2)6-10-20(18)24-22(16)21(15)23-19;1-3-13-5-7-19-15(9-13)17-11-18-16-10-14(4-2)6-8-20(16)24-22(18)12-21(17)23-19;1-3-13-5-9-19-17(11-13)15-7-6-14-16-10-12(2)4-8-18(16)22-20(14)21(15)23-19;1-3-13-5-7-19-15(9-13)17-10-16-14-8-12(2)4-6-18(14)22-20(16)11-21(17)23-19;;;;;;;;;;;;;;;;;;;;;;;;;;;;;;;;;;/h2*5-12H,3-4H2,1-2H3;2*4-11H,3H2,1-2H3;12*1H3;;;;;;;;;;;;;;;;;;;;;;/q;;;;12*-1;;;;;;;;;;;;;;;;;;;;;;. The largest absolute Gasteiger partial charge is 0.456 e. The van der Waals surface area contributed by atoms with E-state index in [2.05, 4.69) is 225 Å². The van der Waals surface area contributed by atoms with Crippen molar-refractivity contribution in [3.8, 4) is 0 Å². The number of hydrogen-bond acceptors (Lipinski definition) is 8. The zero-order chi connectivity index (χ0) is 63.6. The monoisotopic (exact) mass is 3360 g/mol. The van der Waals surface area contributed by atoms with Crippen molar-refractivity contribution in [1.29, 1.82) is 0 Å². The zero-order valence-corrected chi connectivity index (χ0v) is 141. The van der Waals surface area contributed by atoms with E-state index >= 15 is 0 Å². The second-order valence-corrected chi connectivity index (χ2v) is 25.2. The molecule has 0 N–H and O–H groups in total. The van der Waals surface area contributed by atoms with Crippen molar-refractivity contribution < 1.29 is 755 Å². The van der Waals surface area contributed by atoms with Crippen molar-refractivity contribution in [2.75, 3.05) is 0 Å². The Bertz CT molecular complexity index is 6310. The van der Waals surface area contributed by atoms with Crippen LogP contribution < -0.4 is 0 Å². The third-order valence-corrected chi connectivity index (χ3v) is 19.4. The summed E-state index contributed by atoms with van der Waals surface area (Å²) >= 11 is 0. The van der Waals surface area contributed by atoms with Crippen molar-refractivity contribution in [3.63, 3.8) is 0 Å². The van der Waals surface area contributed by atoms with E-state index in [0.717, 1.165) is 182 Å². The third-order valence-electron chi connectivity index (χ3n) is 19.4. The molecule has 22 radical (unpaired) electrons. The molecule has 0 bridgehead atoms.